The summed E-state index contributed by atoms with van der Waals surface area (Å²) in [5, 5.41) is 35.7. The van der Waals surface area contributed by atoms with E-state index in [0.717, 1.165) is 19.9 Å². The first-order valence-electron chi connectivity index (χ1n) is 12.1. The topological polar surface area (TPSA) is 305 Å². The molecule has 0 aromatic carbocycles. The van der Waals surface area contributed by atoms with Crippen LogP contribution >= 0.6 is 0 Å². The number of carbonyl (C=O) groups excluding carboxylic acids is 5. The highest BCUT2D eigenvalue weighted by Gasteiger charge is 2.18. The minimum Gasteiger partial charge on any atom is -0.481 e. The third-order valence-electron chi connectivity index (χ3n) is 3.44. The fourth-order valence-electron chi connectivity index (χ4n) is 1.70. The fraction of sp³-hybridized carbons (Fsp3) is 0.636. The normalized spacial score (nSPS) is 9.55. The van der Waals surface area contributed by atoms with Crippen molar-refractivity contribution in [3.05, 3.63) is 0 Å². The van der Waals surface area contributed by atoms with Crippen LogP contribution in [0, 0.1) is 0 Å². The number of nitrogens with zero attached hydrogens (tertiary/aromatic N) is 1. The van der Waals surface area contributed by atoms with Gasteiger partial charge in [0.05, 0.1) is 32.8 Å². The molecule has 1 atom stereocenters. The van der Waals surface area contributed by atoms with E-state index in [4.69, 9.17) is 31.6 Å². The van der Waals surface area contributed by atoms with Crippen LogP contribution in [-0.4, -0.2) is 108 Å². The zero-order chi connectivity index (χ0) is 32.1. The predicted molar refractivity (Wildman–Crippen MR) is 145 cm³/mol. The van der Waals surface area contributed by atoms with Gasteiger partial charge in [0.15, 0.2) is 5.96 Å². The zero-order valence-corrected chi connectivity index (χ0v) is 23.5. The van der Waals surface area contributed by atoms with Crippen molar-refractivity contribution in [1.29, 1.82) is 0 Å². The van der Waals surface area contributed by atoms with Gasteiger partial charge in [-0.25, -0.2) is 4.79 Å². The first kappa shape index (κ1) is 42.6. The Balaban J connectivity index is -0.000000412. The van der Waals surface area contributed by atoms with Crippen LogP contribution in [0.1, 0.15) is 47.5 Å². The summed E-state index contributed by atoms with van der Waals surface area (Å²) in [4.78, 5) is 80.0. The fourth-order valence-corrected chi connectivity index (χ4v) is 1.70. The monoisotopic (exact) mass is 580 g/mol. The SMILES string of the molecule is CC.CC(=O)O.CCC(=O)NCC(=O)NCC(=O)NCC(=O)NCC(=O)NC(CO)C(=O)O.CCCN=C(N)N. The molecule has 12 N–H and O–H groups in total. The minimum absolute atomic E-state index is 0.182. The standard InChI is InChI=1S/C14H23N5O8.C4H11N3.C2H4O2.C2H6/c1-2-9(21)15-3-10(22)16-4-11(23)17-5-12(24)18-6-13(25)19-8(7-20)14(26)27;1-2-3-7-4(5)6;1-2(3)4;1-2/h8,20H,2-7H2,1H3,(H,15,21)(H,16,22)(H,17,23)(H,18,24)(H,19,25)(H,26,27);2-3H2,1H3,(H4,5,6,7);1H3,(H,3,4);1-2H3. The van der Waals surface area contributed by atoms with Gasteiger partial charge >= 0.3 is 5.97 Å². The Hall–Kier alpha value is -4.48. The molecule has 18 heteroatoms. The number of aliphatic hydroxyl groups excluding tert-OH is 1. The van der Waals surface area contributed by atoms with Gasteiger partial charge in [-0.3, -0.25) is 33.8 Å². The molecule has 0 rings (SSSR count). The van der Waals surface area contributed by atoms with Gasteiger partial charge in [0, 0.05) is 19.9 Å². The summed E-state index contributed by atoms with van der Waals surface area (Å²) in [6.07, 6.45) is 1.22. The number of hydrogen-bond donors (Lipinski definition) is 10. The van der Waals surface area contributed by atoms with Crippen molar-refractivity contribution in [2.24, 2.45) is 16.5 Å². The lowest BCUT2D eigenvalue weighted by Crippen LogP contribution is -2.49. The average molecular weight is 581 g/mol. The third kappa shape index (κ3) is 35.7. The van der Waals surface area contributed by atoms with E-state index >= 15 is 0 Å². The Morgan fingerprint density at radius 1 is 0.725 bits per heavy atom. The average Bonchev–Trinajstić information content (AvgIpc) is 2.90. The first-order valence-corrected chi connectivity index (χ1v) is 12.1. The minimum atomic E-state index is -1.49. The molecule has 0 aliphatic rings. The van der Waals surface area contributed by atoms with Crippen molar-refractivity contribution in [3.8, 4) is 0 Å². The van der Waals surface area contributed by atoms with E-state index in [0.29, 0.717) is 0 Å². The largest absolute Gasteiger partial charge is 0.481 e. The Bertz CT molecular complexity index is 813. The van der Waals surface area contributed by atoms with Crippen LogP contribution < -0.4 is 38.1 Å². The van der Waals surface area contributed by atoms with Gasteiger partial charge in [-0.1, -0.05) is 27.7 Å². The molecular formula is C22H44N8O10. The number of aliphatic carboxylic acids is 2. The zero-order valence-electron chi connectivity index (χ0n) is 23.5. The van der Waals surface area contributed by atoms with Gasteiger partial charge in [0.25, 0.3) is 5.97 Å². The predicted octanol–water partition coefficient (Wildman–Crippen LogP) is -3.79. The van der Waals surface area contributed by atoms with Crippen LogP contribution in [0.5, 0.6) is 0 Å². The molecular weight excluding hydrogens is 536 g/mol. The third-order valence-corrected chi connectivity index (χ3v) is 3.44. The number of carbonyl (C=O) groups is 7. The molecule has 0 aliphatic heterocycles. The molecule has 0 aromatic heterocycles. The number of amides is 5. The summed E-state index contributed by atoms with van der Waals surface area (Å²) in [6, 6.07) is -1.49. The first-order chi connectivity index (χ1) is 18.7. The molecule has 5 amide bonds. The Morgan fingerprint density at radius 3 is 1.32 bits per heavy atom. The number of rotatable bonds is 14. The molecule has 0 radical (unpaired) electrons. The highest BCUT2D eigenvalue weighted by molar-refractivity contribution is 5.91. The lowest BCUT2D eigenvalue weighted by atomic mass is 10.3. The van der Waals surface area contributed by atoms with Gasteiger partial charge in [-0.15, -0.1) is 0 Å². The number of carboxylic acids is 2. The molecule has 232 valence electrons. The maximum absolute atomic E-state index is 11.5. The number of guanidine groups is 1. The summed E-state index contributed by atoms with van der Waals surface area (Å²) < 4.78 is 0. The molecule has 40 heavy (non-hydrogen) atoms. The van der Waals surface area contributed by atoms with Gasteiger partial charge in [0.1, 0.15) is 6.04 Å². The van der Waals surface area contributed by atoms with E-state index < -0.39 is 67.9 Å². The number of nitrogens with one attached hydrogen (secondary N) is 5. The van der Waals surface area contributed by atoms with E-state index in [1.807, 2.05) is 26.1 Å². The van der Waals surface area contributed by atoms with Crippen molar-refractivity contribution in [3.63, 3.8) is 0 Å². The van der Waals surface area contributed by atoms with Crippen molar-refractivity contribution >= 4 is 47.4 Å². The Labute approximate surface area is 232 Å². The van der Waals surface area contributed by atoms with Crippen LogP contribution in [0.2, 0.25) is 0 Å². The summed E-state index contributed by atoms with van der Waals surface area (Å²) in [5.41, 5.74) is 10.0. The van der Waals surface area contributed by atoms with E-state index in [2.05, 4.69) is 26.3 Å². The number of aliphatic imine (C=N–C) groups is 1. The summed E-state index contributed by atoms with van der Waals surface area (Å²) in [6.45, 7) is 6.94. The molecule has 0 fully saturated rings. The van der Waals surface area contributed by atoms with Crippen molar-refractivity contribution in [2.45, 2.75) is 53.5 Å². The van der Waals surface area contributed by atoms with Gasteiger partial charge in [0.2, 0.25) is 29.5 Å². The molecule has 0 bridgehead atoms. The second-order valence-corrected chi connectivity index (χ2v) is 6.93. The molecule has 1 unspecified atom stereocenters. The lowest BCUT2D eigenvalue weighted by Gasteiger charge is -2.12. The highest BCUT2D eigenvalue weighted by atomic mass is 16.4. The molecule has 0 spiro atoms. The summed E-state index contributed by atoms with van der Waals surface area (Å²) in [7, 11) is 0. The lowest BCUT2D eigenvalue weighted by molar-refractivity contribution is -0.142. The van der Waals surface area contributed by atoms with E-state index in [1.165, 1.54) is 0 Å². The van der Waals surface area contributed by atoms with E-state index in [1.54, 1.807) is 6.92 Å². The van der Waals surface area contributed by atoms with Crippen molar-refractivity contribution < 1.29 is 48.9 Å². The number of nitrogens with two attached hydrogens (primary N) is 2. The van der Waals surface area contributed by atoms with Crippen molar-refractivity contribution in [1.82, 2.24) is 26.6 Å². The van der Waals surface area contributed by atoms with Crippen LogP contribution in [0.4, 0.5) is 0 Å². The van der Waals surface area contributed by atoms with E-state index in [9.17, 15) is 28.8 Å². The second-order valence-electron chi connectivity index (χ2n) is 6.93. The van der Waals surface area contributed by atoms with Crippen LogP contribution in [0.3, 0.4) is 0 Å². The second kappa shape index (κ2) is 29.1. The highest BCUT2D eigenvalue weighted by Crippen LogP contribution is 1.82. The van der Waals surface area contributed by atoms with Gasteiger partial charge < -0.3 is 53.4 Å². The summed E-state index contributed by atoms with van der Waals surface area (Å²) in [5.74, 6) is -5.21. The van der Waals surface area contributed by atoms with Gasteiger partial charge in [-0.05, 0) is 6.42 Å². The van der Waals surface area contributed by atoms with Crippen molar-refractivity contribution in [2.75, 3.05) is 39.3 Å². The molecule has 0 aromatic rings. The van der Waals surface area contributed by atoms with Crippen LogP contribution in [-0.2, 0) is 33.6 Å². The maximum Gasteiger partial charge on any atom is 0.328 e. The Kier molecular flexibility index (Phi) is 31.0. The molecule has 0 saturated carbocycles. The number of carboxylic acid groups (broad SMARTS) is 2. The number of aliphatic hydroxyl groups is 1. The molecule has 0 saturated heterocycles. The quantitative estimate of drug-likeness (QED) is 0.0699. The summed E-state index contributed by atoms with van der Waals surface area (Å²) >= 11 is 0. The smallest absolute Gasteiger partial charge is 0.328 e. The number of hydrogen-bond acceptors (Lipinski definition) is 9. The molecule has 0 heterocycles. The maximum atomic E-state index is 11.5. The molecule has 18 nitrogen and oxygen atoms in total. The van der Waals surface area contributed by atoms with E-state index in [-0.39, 0.29) is 24.8 Å². The Morgan fingerprint density at radius 2 is 1.07 bits per heavy atom. The van der Waals surface area contributed by atoms with Crippen LogP contribution in [0.15, 0.2) is 4.99 Å². The van der Waals surface area contributed by atoms with Gasteiger partial charge in [-0.2, -0.15) is 0 Å². The molecule has 0 aliphatic carbocycles. The van der Waals surface area contributed by atoms with Crippen LogP contribution in [0.25, 0.3) is 0 Å².